The molecule has 1 aromatic rings. The molecule has 1 aromatic carbocycles. The molecule has 1 amide bonds. The SMILES string of the molecule is CC1OCCC1CNC(=O)c1cccc(/C=C/C(=O)O)c1. The third-order valence-electron chi connectivity index (χ3n) is 3.63. The second-order valence-corrected chi connectivity index (χ2v) is 5.13. The van der Waals surface area contributed by atoms with E-state index < -0.39 is 5.97 Å². The Kier molecular flexibility index (Phi) is 5.11. The molecule has 5 nitrogen and oxygen atoms in total. The zero-order valence-electron chi connectivity index (χ0n) is 11.9. The number of carboxylic acid groups (broad SMARTS) is 1. The number of amides is 1. The summed E-state index contributed by atoms with van der Waals surface area (Å²) in [4.78, 5) is 22.6. The van der Waals surface area contributed by atoms with Crippen molar-refractivity contribution in [3.8, 4) is 0 Å². The monoisotopic (exact) mass is 289 g/mol. The number of benzene rings is 1. The van der Waals surface area contributed by atoms with Gasteiger partial charge in [-0.05, 0) is 37.1 Å². The van der Waals surface area contributed by atoms with Crippen LogP contribution in [0.4, 0.5) is 0 Å². The molecule has 2 atom stereocenters. The van der Waals surface area contributed by atoms with Gasteiger partial charge in [0, 0.05) is 30.7 Å². The Morgan fingerprint density at radius 2 is 2.29 bits per heavy atom. The van der Waals surface area contributed by atoms with Crippen LogP contribution in [-0.2, 0) is 9.53 Å². The minimum Gasteiger partial charge on any atom is -0.478 e. The minimum absolute atomic E-state index is 0.153. The van der Waals surface area contributed by atoms with E-state index in [9.17, 15) is 9.59 Å². The highest BCUT2D eigenvalue weighted by Crippen LogP contribution is 2.19. The number of rotatable bonds is 5. The van der Waals surface area contributed by atoms with Gasteiger partial charge in [-0.2, -0.15) is 0 Å². The van der Waals surface area contributed by atoms with Crippen LogP contribution in [0.25, 0.3) is 6.08 Å². The second-order valence-electron chi connectivity index (χ2n) is 5.13. The molecular weight excluding hydrogens is 270 g/mol. The molecule has 1 heterocycles. The molecule has 21 heavy (non-hydrogen) atoms. The van der Waals surface area contributed by atoms with Crippen molar-refractivity contribution in [1.29, 1.82) is 0 Å². The molecule has 1 aliphatic rings. The van der Waals surface area contributed by atoms with Crippen LogP contribution in [0.15, 0.2) is 30.3 Å². The average molecular weight is 289 g/mol. The van der Waals surface area contributed by atoms with Gasteiger partial charge in [0.25, 0.3) is 5.91 Å². The van der Waals surface area contributed by atoms with Gasteiger partial charge in [-0.25, -0.2) is 4.79 Å². The quantitative estimate of drug-likeness (QED) is 0.812. The Morgan fingerprint density at radius 1 is 1.48 bits per heavy atom. The third-order valence-corrected chi connectivity index (χ3v) is 3.63. The Hall–Kier alpha value is -2.14. The molecule has 2 rings (SSSR count). The molecule has 2 N–H and O–H groups in total. The summed E-state index contributed by atoms with van der Waals surface area (Å²) >= 11 is 0. The first-order valence-electron chi connectivity index (χ1n) is 6.97. The fraction of sp³-hybridized carbons (Fsp3) is 0.375. The van der Waals surface area contributed by atoms with E-state index in [0.29, 0.717) is 23.6 Å². The lowest BCUT2D eigenvalue weighted by Crippen LogP contribution is -2.31. The van der Waals surface area contributed by atoms with Gasteiger partial charge in [-0.15, -0.1) is 0 Å². The lowest BCUT2D eigenvalue weighted by Gasteiger charge is -2.14. The maximum Gasteiger partial charge on any atom is 0.328 e. The van der Waals surface area contributed by atoms with Crippen LogP contribution in [0.2, 0.25) is 0 Å². The topological polar surface area (TPSA) is 75.6 Å². The van der Waals surface area contributed by atoms with Crippen molar-refractivity contribution in [3.63, 3.8) is 0 Å². The van der Waals surface area contributed by atoms with Gasteiger partial charge in [-0.1, -0.05) is 12.1 Å². The fourth-order valence-electron chi connectivity index (χ4n) is 2.32. The molecule has 1 fully saturated rings. The van der Waals surface area contributed by atoms with Crippen molar-refractivity contribution in [3.05, 3.63) is 41.5 Å². The molecule has 1 saturated heterocycles. The number of carboxylic acids is 1. The van der Waals surface area contributed by atoms with E-state index in [1.54, 1.807) is 24.3 Å². The molecule has 0 aromatic heterocycles. The molecule has 5 heteroatoms. The molecule has 2 unspecified atom stereocenters. The molecule has 0 saturated carbocycles. The maximum absolute atomic E-state index is 12.1. The highest BCUT2D eigenvalue weighted by molar-refractivity contribution is 5.95. The van der Waals surface area contributed by atoms with E-state index >= 15 is 0 Å². The maximum atomic E-state index is 12.1. The summed E-state index contributed by atoms with van der Waals surface area (Å²) in [5, 5.41) is 11.5. The van der Waals surface area contributed by atoms with Gasteiger partial charge < -0.3 is 15.2 Å². The minimum atomic E-state index is -1.01. The van der Waals surface area contributed by atoms with Crippen LogP contribution in [0.1, 0.15) is 29.3 Å². The first kappa shape index (κ1) is 15.3. The predicted octanol–water partition coefficient (Wildman–Crippen LogP) is 1.94. The van der Waals surface area contributed by atoms with E-state index in [0.717, 1.165) is 19.1 Å². The van der Waals surface area contributed by atoms with Crippen LogP contribution >= 0.6 is 0 Å². The van der Waals surface area contributed by atoms with E-state index in [-0.39, 0.29) is 12.0 Å². The number of hydrogen-bond acceptors (Lipinski definition) is 3. The molecule has 1 aliphatic heterocycles. The standard InChI is InChI=1S/C16H19NO4/c1-11-14(7-8-21-11)10-17-16(20)13-4-2-3-12(9-13)5-6-15(18)19/h2-6,9,11,14H,7-8,10H2,1H3,(H,17,20)(H,18,19)/b6-5+. The van der Waals surface area contributed by atoms with Crippen LogP contribution in [0.5, 0.6) is 0 Å². The van der Waals surface area contributed by atoms with Crippen molar-refractivity contribution in [2.24, 2.45) is 5.92 Å². The normalized spacial score (nSPS) is 21.6. The smallest absolute Gasteiger partial charge is 0.328 e. The van der Waals surface area contributed by atoms with Crippen molar-refractivity contribution in [1.82, 2.24) is 5.32 Å². The van der Waals surface area contributed by atoms with Crippen LogP contribution in [-0.4, -0.2) is 36.2 Å². The van der Waals surface area contributed by atoms with Crippen molar-refractivity contribution in [2.75, 3.05) is 13.2 Å². The third kappa shape index (κ3) is 4.43. The summed E-state index contributed by atoms with van der Waals surface area (Å²) in [6, 6.07) is 6.87. The highest BCUT2D eigenvalue weighted by atomic mass is 16.5. The second kappa shape index (κ2) is 7.04. The summed E-state index contributed by atoms with van der Waals surface area (Å²) in [7, 11) is 0. The first-order chi connectivity index (χ1) is 10.1. The Labute approximate surface area is 123 Å². The zero-order valence-corrected chi connectivity index (χ0v) is 11.9. The molecule has 0 aliphatic carbocycles. The van der Waals surface area contributed by atoms with Crippen LogP contribution in [0, 0.1) is 5.92 Å². The van der Waals surface area contributed by atoms with Gasteiger partial charge in [-0.3, -0.25) is 4.79 Å². The fourth-order valence-corrected chi connectivity index (χ4v) is 2.32. The summed E-state index contributed by atoms with van der Waals surface area (Å²) in [6.07, 6.45) is 3.65. The Morgan fingerprint density at radius 3 is 2.95 bits per heavy atom. The molecule has 0 radical (unpaired) electrons. The van der Waals surface area contributed by atoms with Crippen molar-refractivity contribution < 1.29 is 19.4 Å². The van der Waals surface area contributed by atoms with Gasteiger partial charge in [0.2, 0.25) is 0 Å². The summed E-state index contributed by atoms with van der Waals surface area (Å²) in [5.74, 6) is -0.816. The summed E-state index contributed by atoms with van der Waals surface area (Å²) < 4.78 is 5.46. The van der Waals surface area contributed by atoms with E-state index in [1.807, 2.05) is 6.92 Å². The van der Waals surface area contributed by atoms with Gasteiger partial charge in [0.15, 0.2) is 0 Å². The molecule has 0 spiro atoms. The number of aliphatic carboxylic acids is 1. The zero-order chi connectivity index (χ0) is 15.2. The van der Waals surface area contributed by atoms with E-state index in [2.05, 4.69) is 5.32 Å². The Bertz CT molecular complexity index is 553. The van der Waals surface area contributed by atoms with Crippen molar-refractivity contribution >= 4 is 18.0 Å². The van der Waals surface area contributed by atoms with E-state index in [4.69, 9.17) is 9.84 Å². The largest absolute Gasteiger partial charge is 0.478 e. The number of ether oxygens (including phenoxy) is 1. The number of hydrogen-bond donors (Lipinski definition) is 2. The number of carbonyl (C=O) groups is 2. The van der Waals surface area contributed by atoms with E-state index in [1.165, 1.54) is 6.08 Å². The lowest BCUT2D eigenvalue weighted by atomic mass is 10.0. The van der Waals surface area contributed by atoms with Crippen LogP contribution in [0.3, 0.4) is 0 Å². The number of carbonyl (C=O) groups excluding carboxylic acids is 1. The van der Waals surface area contributed by atoms with Gasteiger partial charge in [0.1, 0.15) is 0 Å². The first-order valence-corrected chi connectivity index (χ1v) is 6.97. The average Bonchev–Trinajstić information content (AvgIpc) is 2.88. The predicted molar refractivity (Wildman–Crippen MR) is 79.0 cm³/mol. The summed E-state index contributed by atoms with van der Waals surface area (Å²) in [5.41, 5.74) is 1.21. The number of nitrogens with one attached hydrogen (secondary N) is 1. The summed E-state index contributed by atoms with van der Waals surface area (Å²) in [6.45, 7) is 3.35. The highest BCUT2D eigenvalue weighted by Gasteiger charge is 2.24. The molecular formula is C16H19NO4. The Balaban J connectivity index is 1.95. The molecule has 0 bridgehead atoms. The van der Waals surface area contributed by atoms with Crippen molar-refractivity contribution in [2.45, 2.75) is 19.4 Å². The van der Waals surface area contributed by atoms with Crippen LogP contribution < -0.4 is 5.32 Å². The molecule has 112 valence electrons. The van der Waals surface area contributed by atoms with Gasteiger partial charge in [0.05, 0.1) is 6.10 Å². The lowest BCUT2D eigenvalue weighted by molar-refractivity contribution is -0.131. The van der Waals surface area contributed by atoms with Gasteiger partial charge >= 0.3 is 5.97 Å².